The van der Waals surface area contributed by atoms with Crippen molar-refractivity contribution in [1.82, 2.24) is 4.90 Å². The lowest BCUT2D eigenvalue weighted by molar-refractivity contribution is -0.193. The van der Waals surface area contributed by atoms with Gasteiger partial charge in [0.05, 0.1) is 0 Å². The monoisotopic (exact) mass is 239 g/mol. The molecule has 0 bridgehead atoms. The molecule has 5 heteroatoms. The molecule has 2 rings (SSSR count). The summed E-state index contributed by atoms with van der Waals surface area (Å²) in [5.41, 5.74) is -2.60. The zero-order valence-corrected chi connectivity index (χ0v) is 9.10. The second-order valence-electron chi connectivity index (χ2n) is 3.94. The summed E-state index contributed by atoms with van der Waals surface area (Å²) in [6.07, 6.45) is 2.08. The maximum Gasteiger partial charge on any atom is 0.360 e. The van der Waals surface area contributed by atoms with Crippen molar-refractivity contribution in [2.24, 2.45) is 0 Å². The van der Waals surface area contributed by atoms with E-state index in [1.54, 1.807) is 6.07 Å². The summed E-state index contributed by atoms with van der Waals surface area (Å²) >= 11 is 0. The summed E-state index contributed by atoms with van der Waals surface area (Å²) in [6.45, 7) is 0. The van der Waals surface area contributed by atoms with Gasteiger partial charge in [0.1, 0.15) is 0 Å². The van der Waals surface area contributed by atoms with Gasteiger partial charge in [-0.3, -0.25) is 4.79 Å². The lowest BCUT2D eigenvalue weighted by Gasteiger charge is -2.37. The minimum Gasteiger partial charge on any atom is -0.374 e. The van der Waals surface area contributed by atoms with Crippen molar-refractivity contribution in [1.29, 1.82) is 0 Å². The number of carbonyl (C=O) groups is 1. The van der Waals surface area contributed by atoms with E-state index in [-0.39, 0.29) is 5.56 Å². The van der Waals surface area contributed by atoms with Crippen molar-refractivity contribution in [3.63, 3.8) is 0 Å². The Morgan fingerprint density at radius 3 is 2.41 bits per heavy atom. The number of benzene rings is 1. The third-order valence-electron chi connectivity index (χ3n) is 2.82. The Morgan fingerprint density at radius 1 is 1.24 bits per heavy atom. The molecule has 1 aromatic rings. The Morgan fingerprint density at radius 2 is 1.82 bits per heavy atom. The molecule has 1 N–H and O–H groups in total. The summed E-state index contributed by atoms with van der Waals surface area (Å²) in [5.74, 6) is -5.30. The zero-order valence-electron chi connectivity index (χ0n) is 9.10. The van der Waals surface area contributed by atoms with E-state index >= 15 is 0 Å². The van der Waals surface area contributed by atoms with E-state index in [2.05, 4.69) is 0 Å². The molecule has 3 nitrogen and oxygen atoms in total. The molecule has 0 radical (unpaired) electrons. The van der Waals surface area contributed by atoms with Crippen LogP contribution < -0.4 is 0 Å². The van der Waals surface area contributed by atoms with Crippen molar-refractivity contribution >= 4 is 5.91 Å². The molecule has 1 unspecified atom stereocenters. The number of nitrogens with zero attached hydrogens (tertiary/aromatic N) is 1. The first kappa shape index (κ1) is 11.7. The van der Waals surface area contributed by atoms with Crippen molar-refractivity contribution in [3.05, 3.63) is 48.2 Å². The summed E-state index contributed by atoms with van der Waals surface area (Å²) in [7, 11) is 1.22. The molecule has 1 aliphatic heterocycles. The van der Waals surface area contributed by atoms with Crippen LogP contribution in [0.15, 0.2) is 42.6 Å². The molecular formula is C12H11F2NO2. The Balaban J connectivity index is 2.58. The molecule has 0 saturated carbocycles. The number of aliphatic hydroxyl groups is 1. The van der Waals surface area contributed by atoms with Gasteiger partial charge in [0, 0.05) is 13.2 Å². The third kappa shape index (κ3) is 1.54. The van der Waals surface area contributed by atoms with E-state index in [0.717, 1.165) is 17.2 Å². The smallest absolute Gasteiger partial charge is 0.360 e. The van der Waals surface area contributed by atoms with Crippen molar-refractivity contribution in [2.75, 3.05) is 7.05 Å². The molecule has 0 spiro atoms. The topological polar surface area (TPSA) is 40.5 Å². The van der Waals surface area contributed by atoms with Crippen molar-refractivity contribution in [2.45, 2.75) is 11.5 Å². The van der Waals surface area contributed by atoms with Crippen LogP contribution in [0, 0.1) is 0 Å². The van der Waals surface area contributed by atoms with E-state index in [1.165, 1.54) is 31.3 Å². The molecule has 0 saturated heterocycles. The maximum absolute atomic E-state index is 13.9. The minimum absolute atomic E-state index is 0.0114. The highest BCUT2D eigenvalue weighted by Crippen LogP contribution is 2.42. The standard InChI is InChI=1S/C12H11F2NO2/c1-15-8-7-11(17,12(13,14)10(15)16)9-5-3-2-4-6-9/h2-8,17H,1H3. The van der Waals surface area contributed by atoms with E-state index in [0.29, 0.717) is 0 Å². The fraction of sp³-hybridized carbons (Fsp3) is 0.250. The second-order valence-corrected chi connectivity index (χ2v) is 3.94. The van der Waals surface area contributed by atoms with Gasteiger partial charge >= 0.3 is 11.8 Å². The van der Waals surface area contributed by atoms with Gasteiger partial charge in [-0.15, -0.1) is 0 Å². The number of amides is 1. The number of rotatable bonds is 1. The van der Waals surface area contributed by atoms with Gasteiger partial charge in [0.2, 0.25) is 0 Å². The third-order valence-corrected chi connectivity index (χ3v) is 2.82. The van der Waals surface area contributed by atoms with Gasteiger partial charge in [-0.05, 0) is 11.6 Å². The Kier molecular flexibility index (Phi) is 2.50. The van der Waals surface area contributed by atoms with Crippen LogP contribution >= 0.6 is 0 Å². The average molecular weight is 239 g/mol. The Hall–Kier alpha value is -1.75. The number of hydrogen-bond donors (Lipinski definition) is 1. The van der Waals surface area contributed by atoms with E-state index in [9.17, 15) is 18.7 Å². The highest BCUT2D eigenvalue weighted by molar-refractivity contribution is 5.87. The number of carbonyl (C=O) groups excluding carboxylic acids is 1. The Labute approximate surface area is 97.0 Å². The molecule has 0 fully saturated rings. The Bertz CT molecular complexity index is 473. The molecule has 0 aliphatic carbocycles. The summed E-state index contributed by atoms with van der Waals surface area (Å²) in [4.78, 5) is 12.2. The van der Waals surface area contributed by atoms with Crippen LogP contribution in [0.2, 0.25) is 0 Å². The fourth-order valence-electron chi connectivity index (χ4n) is 1.75. The summed E-state index contributed by atoms with van der Waals surface area (Å²) in [6, 6.07) is 7.42. The summed E-state index contributed by atoms with van der Waals surface area (Å²) in [5, 5.41) is 10.1. The van der Waals surface area contributed by atoms with Crippen LogP contribution in [0.5, 0.6) is 0 Å². The van der Waals surface area contributed by atoms with Crippen molar-refractivity contribution < 1.29 is 18.7 Å². The second kappa shape index (κ2) is 3.63. The van der Waals surface area contributed by atoms with Crippen LogP contribution in [-0.2, 0) is 10.4 Å². The quantitative estimate of drug-likeness (QED) is 0.806. The van der Waals surface area contributed by atoms with Crippen LogP contribution in [0.4, 0.5) is 8.78 Å². The molecule has 1 amide bonds. The lowest BCUT2D eigenvalue weighted by Crippen LogP contribution is -2.56. The molecule has 17 heavy (non-hydrogen) atoms. The molecule has 1 heterocycles. The van der Waals surface area contributed by atoms with Crippen molar-refractivity contribution in [3.8, 4) is 0 Å². The van der Waals surface area contributed by atoms with Crippen LogP contribution in [0.25, 0.3) is 0 Å². The SMILES string of the molecule is CN1C=CC(O)(c2ccccc2)C(F)(F)C1=O. The first-order valence-electron chi connectivity index (χ1n) is 5.02. The number of alkyl halides is 2. The first-order chi connectivity index (χ1) is 7.89. The predicted octanol–water partition coefficient (Wildman–Crippen LogP) is 1.50. The van der Waals surface area contributed by atoms with Crippen LogP contribution in [-0.4, -0.2) is 28.9 Å². The highest BCUT2D eigenvalue weighted by Gasteiger charge is 2.60. The largest absolute Gasteiger partial charge is 0.374 e. The molecule has 0 aromatic heterocycles. The van der Waals surface area contributed by atoms with Gasteiger partial charge in [-0.25, -0.2) is 0 Å². The number of hydrogen-bond acceptors (Lipinski definition) is 2. The van der Waals surface area contributed by atoms with Crippen LogP contribution in [0.1, 0.15) is 5.56 Å². The van der Waals surface area contributed by atoms with Gasteiger partial charge in [-0.2, -0.15) is 8.78 Å². The zero-order chi connectivity index (χ0) is 12.7. The van der Waals surface area contributed by atoms with Gasteiger partial charge in [-0.1, -0.05) is 30.3 Å². The van der Waals surface area contributed by atoms with Crippen LogP contribution in [0.3, 0.4) is 0 Å². The molecular weight excluding hydrogens is 228 g/mol. The lowest BCUT2D eigenvalue weighted by atomic mass is 9.84. The molecule has 1 atom stereocenters. The molecule has 1 aliphatic rings. The molecule has 1 aromatic carbocycles. The van der Waals surface area contributed by atoms with E-state index in [1.807, 2.05) is 0 Å². The normalized spacial score (nSPS) is 27.3. The van der Waals surface area contributed by atoms with Gasteiger partial charge < -0.3 is 10.0 Å². The van der Waals surface area contributed by atoms with Gasteiger partial charge in [0.25, 0.3) is 0 Å². The van der Waals surface area contributed by atoms with E-state index in [4.69, 9.17) is 0 Å². The average Bonchev–Trinajstić information content (AvgIpc) is 2.33. The summed E-state index contributed by atoms with van der Waals surface area (Å²) < 4.78 is 27.8. The predicted molar refractivity (Wildman–Crippen MR) is 57.2 cm³/mol. The maximum atomic E-state index is 13.9. The fourth-order valence-corrected chi connectivity index (χ4v) is 1.75. The van der Waals surface area contributed by atoms with Gasteiger partial charge in [0.15, 0.2) is 5.60 Å². The molecule has 90 valence electrons. The number of halogens is 2. The van der Waals surface area contributed by atoms with E-state index < -0.39 is 17.4 Å². The highest BCUT2D eigenvalue weighted by atomic mass is 19.3. The minimum atomic E-state index is -3.88. The first-order valence-corrected chi connectivity index (χ1v) is 5.02.